The number of thiazole rings is 1. The van der Waals surface area contributed by atoms with Crippen LogP contribution in [0, 0.1) is 0 Å². The minimum absolute atomic E-state index is 0.360. The van der Waals surface area contributed by atoms with Gasteiger partial charge in [0.25, 0.3) is 0 Å². The van der Waals surface area contributed by atoms with Crippen molar-refractivity contribution in [1.82, 2.24) is 10.3 Å². The smallest absolute Gasteiger partial charge is 0.0794 e. The Morgan fingerprint density at radius 1 is 1.41 bits per heavy atom. The molecule has 2 rings (SSSR count). The summed E-state index contributed by atoms with van der Waals surface area (Å²) in [4.78, 5) is 6.79. The fraction of sp³-hybridized carbons (Fsp3) is 0.308. The fourth-order valence-corrected chi connectivity index (χ4v) is 3.17. The Bertz CT molecular complexity index is 454. The van der Waals surface area contributed by atoms with Crippen molar-refractivity contribution in [2.24, 2.45) is 0 Å². The van der Waals surface area contributed by atoms with Crippen molar-refractivity contribution in [3.05, 3.63) is 46.4 Å². The molecule has 4 heteroatoms. The zero-order chi connectivity index (χ0) is 12.1. The number of likely N-dealkylation sites (N-methyl/N-ethyl adjacent to an activating group) is 1. The SMILES string of the molecule is CNC(Cc1cncs1)c1ccccc1SC. The molecule has 1 atom stereocenters. The Morgan fingerprint density at radius 3 is 2.88 bits per heavy atom. The van der Waals surface area contributed by atoms with Gasteiger partial charge in [-0.1, -0.05) is 18.2 Å². The lowest BCUT2D eigenvalue weighted by Crippen LogP contribution is -2.19. The summed E-state index contributed by atoms with van der Waals surface area (Å²) in [5.74, 6) is 0. The molecule has 0 bridgehead atoms. The van der Waals surface area contributed by atoms with Crippen LogP contribution >= 0.6 is 23.1 Å². The maximum Gasteiger partial charge on any atom is 0.0794 e. The summed E-state index contributed by atoms with van der Waals surface area (Å²) in [5.41, 5.74) is 3.26. The van der Waals surface area contributed by atoms with Crippen LogP contribution in [-0.2, 0) is 6.42 Å². The summed E-state index contributed by atoms with van der Waals surface area (Å²) in [6, 6.07) is 8.94. The predicted octanol–water partition coefficient (Wildman–Crippen LogP) is 3.37. The second-order valence-corrected chi connectivity index (χ2v) is 5.57. The van der Waals surface area contributed by atoms with Crippen LogP contribution in [0.15, 0.2) is 40.9 Å². The summed E-state index contributed by atoms with van der Waals surface area (Å²) in [7, 11) is 2.02. The molecule has 0 spiro atoms. The lowest BCUT2D eigenvalue weighted by molar-refractivity contribution is 0.587. The third-order valence-corrected chi connectivity index (χ3v) is 4.37. The number of nitrogens with zero attached hydrogens (tertiary/aromatic N) is 1. The molecule has 17 heavy (non-hydrogen) atoms. The highest BCUT2D eigenvalue weighted by atomic mass is 32.2. The zero-order valence-electron chi connectivity index (χ0n) is 10.0. The molecule has 0 fully saturated rings. The molecule has 2 nitrogen and oxygen atoms in total. The molecule has 1 N–H and O–H groups in total. The van der Waals surface area contributed by atoms with Crippen molar-refractivity contribution < 1.29 is 0 Å². The molecule has 1 aromatic carbocycles. The molecule has 0 aliphatic rings. The first-order chi connectivity index (χ1) is 8.35. The molecule has 90 valence electrons. The van der Waals surface area contributed by atoms with E-state index in [1.54, 1.807) is 23.1 Å². The van der Waals surface area contributed by atoms with Crippen LogP contribution in [0.5, 0.6) is 0 Å². The Kier molecular flexibility index (Phi) is 4.59. The molecule has 0 amide bonds. The predicted molar refractivity (Wildman–Crippen MR) is 75.8 cm³/mol. The fourth-order valence-electron chi connectivity index (χ4n) is 1.87. The van der Waals surface area contributed by atoms with Crippen LogP contribution in [0.25, 0.3) is 0 Å². The quantitative estimate of drug-likeness (QED) is 0.838. The molecule has 0 saturated carbocycles. The standard InChI is InChI=1S/C13H16N2S2/c1-14-12(7-10-8-15-9-17-10)11-5-3-4-6-13(11)16-2/h3-6,8-9,12,14H,7H2,1-2H3. The van der Waals surface area contributed by atoms with Crippen LogP contribution in [0.3, 0.4) is 0 Å². The van der Waals surface area contributed by atoms with Gasteiger partial charge in [0.15, 0.2) is 0 Å². The zero-order valence-corrected chi connectivity index (χ0v) is 11.6. The van der Waals surface area contributed by atoms with Crippen LogP contribution in [0.2, 0.25) is 0 Å². The topological polar surface area (TPSA) is 24.9 Å². The van der Waals surface area contributed by atoms with Gasteiger partial charge in [-0.15, -0.1) is 23.1 Å². The van der Waals surface area contributed by atoms with Crippen LogP contribution in [0.1, 0.15) is 16.5 Å². The van der Waals surface area contributed by atoms with Crippen molar-refractivity contribution in [1.29, 1.82) is 0 Å². The van der Waals surface area contributed by atoms with E-state index in [9.17, 15) is 0 Å². The number of thioether (sulfide) groups is 1. The number of hydrogen-bond donors (Lipinski definition) is 1. The summed E-state index contributed by atoms with van der Waals surface area (Å²) >= 11 is 3.52. The summed E-state index contributed by atoms with van der Waals surface area (Å²) in [6.45, 7) is 0. The van der Waals surface area contributed by atoms with Gasteiger partial charge in [0, 0.05) is 28.4 Å². The number of aromatic nitrogens is 1. The van der Waals surface area contributed by atoms with Crippen molar-refractivity contribution in [3.8, 4) is 0 Å². The van der Waals surface area contributed by atoms with E-state index >= 15 is 0 Å². The highest BCUT2D eigenvalue weighted by Crippen LogP contribution is 2.28. The number of benzene rings is 1. The molecular weight excluding hydrogens is 248 g/mol. The van der Waals surface area contributed by atoms with E-state index in [4.69, 9.17) is 0 Å². The van der Waals surface area contributed by atoms with E-state index in [1.807, 2.05) is 18.8 Å². The van der Waals surface area contributed by atoms with Gasteiger partial charge in [0.2, 0.25) is 0 Å². The first-order valence-corrected chi connectivity index (χ1v) is 7.63. The minimum atomic E-state index is 0.360. The van der Waals surface area contributed by atoms with Crippen LogP contribution in [0.4, 0.5) is 0 Å². The van der Waals surface area contributed by atoms with Crippen LogP contribution < -0.4 is 5.32 Å². The molecule has 0 saturated heterocycles. The Hall–Kier alpha value is -0.840. The van der Waals surface area contributed by atoms with Crippen molar-refractivity contribution in [3.63, 3.8) is 0 Å². The minimum Gasteiger partial charge on any atom is -0.313 e. The molecule has 1 aromatic heterocycles. The van der Waals surface area contributed by atoms with Gasteiger partial charge < -0.3 is 5.32 Å². The second-order valence-electron chi connectivity index (χ2n) is 3.76. The maximum atomic E-state index is 4.13. The van der Waals surface area contributed by atoms with Gasteiger partial charge in [-0.3, -0.25) is 4.98 Å². The average molecular weight is 264 g/mol. The van der Waals surface area contributed by atoms with E-state index < -0.39 is 0 Å². The third kappa shape index (κ3) is 3.09. The van der Waals surface area contributed by atoms with E-state index in [0.717, 1.165) is 6.42 Å². The van der Waals surface area contributed by atoms with E-state index in [-0.39, 0.29) is 0 Å². The van der Waals surface area contributed by atoms with Gasteiger partial charge in [-0.25, -0.2) is 0 Å². The molecule has 0 radical (unpaired) electrons. The van der Waals surface area contributed by atoms with Crippen LogP contribution in [-0.4, -0.2) is 18.3 Å². The summed E-state index contributed by atoms with van der Waals surface area (Å²) < 4.78 is 0. The first kappa shape index (κ1) is 12.6. The Morgan fingerprint density at radius 2 is 2.24 bits per heavy atom. The molecule has 1 unspecified atom stereocenters. The monoisotopic (exact) mass is 264 g/mol. The van der Waals surface area contributed by atoms with Crippen molar-refractivity contribution >= 4 is 23.1 Å². The molecule has 0 aliphatic carbocycles. The third-order valence-electron chi connectivity index (χ3n) is 2.75. The summed E-state index contributed by atoms with van der Waals surface area (Å²) in [6.07, 6.45) is 5.08. The second kappa shape index (κ2) is 6.19. The molecule has 2 aromatic rings. The number of hydrogen-bond acceptors (Lipinski definition) is 4. The van der Waals surface area contributed by atoms with E-state index in [1.165, 1.54) is 15.3 Å². The molecular formula is C13H16N2S2. The normalized spacial score (nSPS) is 12.6. The van der Waals surface area contributed by atoms with Gasteiger partial charge in [0.1, 0.15) is 0 Å². The van der Waals surface area contributed by atoms with E-state index in [2.05, 4.69) is 40.8 Å². The highest BCUT2D eigenvalue weighted by molar-refractivity contribution is 7.98. The lowest BCUT2D eigenvalue weighted by atomic mass is 10.0. The van der Waals surface area contributed by atoms with E-state index in [0.29, 0.717) is 6.04 Å². The van der Waals surface area contributed by atoms with Gasteiger partial charge >= 0.3 is 0 Å². The molecule has 0 aliphatic heterocycles. The van der Waals surface area contributed by atoms with Crippen molar-refractivity contribution in [2.45, 2.75) is 17.4 Å². The van der Waals surface area contributed by atoms with Gasteiger partial charge in [-0.05, 0) is 24.9 Å². The van der Waals surface area contributed by atoms with Crippen molar-refractivity contribution in [2.75, 3.05) is 13.3 Å². The summed E-state index contributed by atoms with van der Waals surface area (Å²) in [5, 5.41) is 3.40. The van der Waals surface area contributed by atoms with Gasteiger partial charge in [-0.2, -0.15) is 0 Å². The Labute approximate surface area is 110 Å². The highest BCUT2D eigenvalue weighted by Gasteiger charge is 2.14. The maximum absolute atomic E-state index is 4.13. The average Bonchev–Trinajstić information content (AvgIpc) is 2.89. The number of rotatable bonds is 5. The lowest BCUT2D eigenvalue weighted by Gasteiger charge is -2.18. The first-order valence-electron chi connectivity index (χ1n) is 5.52. The molecule has 1 heterocycles. The largest absolute Gasteiger partial charge is 0.313 e. The van der Waals surface area contributed by atoms with Gasteiger partial charge in [0.05, 0.1) is 5.51 Å². The number of nitrogens with one attached hydrogen (secondary N) is 1. The Balaban J connectivity index is 2.22.